The van der Waals surface area contributed by atoms with Crippen LogP contribution in [0.2, 0.25) is 0 Å². The number of nitrogens with one attached hydrogen (secondary N) is 1. The number of halogens is 1. The first-order chi connectivity index (χ1) is 10.2. The van der Waals surface area contributed by atoms with Crippen molar-refractivity contribution < 1.29 is 0 Å². The summed E-state index contributed by atoms with van der Waals surface area (Å²) in [5.41, 5.74) is 5.93. The molecule has 2 rings (SSSR count). The van der Waals surface area contributed by atoms with Crippen LogP contribution in [-0.4, -0.2) is 57.8 Å². The second kappa shape index (κ2) is 9.98. The maximum absolute atomic E-state index is 5.93. The average molecular weight is 421 g/mol. The van der Waals surface area contributed by atoms with Crippen LogP contribution in [0.5, 0.6) is 0 Å². The Morgan fingerprint density at radius 1 is 1.50 bits per heavy atom. The fourth-order valence-corrected chi connectivity index (χ4v) is 2.82. The summed E-state index contributed by atoms with van der Waals surface area (Å²) in [6.45, 7) is 8.90. The molecule has 22 heavy (non-hydrogen) atoms. The van der Waals surface area contributed by atoms with E-state index in [4.69, 9.17) is 5.73 Å². The number of guanidine groups is 1. The molecule has 1 unspecified atom stereocenters. The zero-order valence-electron chi connectivity index (χ0n) is 13.5. The Morgan fingerprint density at radius 3 is 3.05 bits per heavy atom. The minimum absolute atomic E-state index is 0. The maximum atomic E-state index is 5.93. The van der Waals surface area contributed by atoms with Crippen molar-refractivity contribution in [1.82, 2.24) is 25.0 Å². The van der Waals surface area contributed by atoms with Crippen LogP contribution in [0.15, 0.2) is 11.3 Å². The van der Waals surface area contributed by atoms with Gasteiger partial charge in [0.2, 0.25) is 0 Å². The highest BCUT2D eigenvalue weighted by molar-refractivity contribution is 14.0. The Bertz CT molecular complexity index is 460. The van der Waals surface area contributed by atoms with E-state index >= 15 is 0 Å². The number of hydrogen-bond donors (Lipinski definition) is 2. The van der Waals surface area contributed by atoms with Gasteiger partial charge >= 0.3 is 0 Å². The van der Waals surface area contributed by atoms with Gasteiger partial charge < -0.3 is 15.6 Å². The smallest absolute Gasteiger partial charge is 0.188 e. The number of likely N-dealkylation sites (tertiary alicyclic amines) is 1. The molecule has 1 fully saturated rings. The molecule has 0 amide bonds. The first kappa shape index (κ1) is 19.1. The van der Waals surface area contributed by atoms with E-state index in [9.17, 15) is 0 Å². The van der Waals surface area contributed by atoms with E-state index in [0.717, 1.165) is 38.4 Å². The van der Waals surface area contributed by atoms with Gasteiger partial charge in [-0.2, -0.15) is 0 Å². The van der Waals surface area contributed by atoms with E-state index in [0.29, 0.717) is 12.0 Å². The van der Waals surface area contributed by atoms with Crippen molar-refractivity contribution in [1.29, 1.82) is 0 Å². The van der Waals surface area contributed by atoms with Crippen molar-refractivity contribution in [3.63, 3.8) is 0 Å². The SMILES string of the molecule is CCc1nncn1CCNC(N)=NCC1CCCN1CC.I. The number of likely N-dealkylation sites (N-methyl/N-ethyl adjacent to an activating group) is 1. The molecule has 0 spiro atoms. The lowest BCUT2D eigenvalue weighted by molar-refractivity contribution is 0.273. The van der Waals surface area contributed by atoms with Crippen molar-refractivity contribution in [3.8, 4) is 0 Å². The first-order valence-corrected chi connectivity index (χ1v) is 7.89. The number of aryl methyl sites for hydroxylation is 1. The highest BCUT2D eigenvalue weighted by atomic mass is 127. The van der Waals surface area contributed by atoms with Gasteiger partial charge in [0.05, 0.1) is 6.54 Å². The molecule has 1 aliphatic heterocycles. The predicted molar refractivity (Wildman–Crippen MR) is 99.6 cm³/mol. The maximum Gasteiger partial charge on any atom is 0.188 e. The standard InChI is InChI=1S/C14H27N7.HI/c1-3-13-19-18-11-21(13)9-7-16-14(15)17-10-12-6-5-8-20(12)4-2;/h11-12H,3-10H2,1-2H3,(H3,15,16,17);1H. The van der Waals surface area contributed by atoms with Crippen LogP contribution in [-0.2, 0) is 13.0 Å². The molecule has 8 heteroatoms. The molecule has 1 aliphatic rings. The Kier molecular flexibility index (Phi) is 8.69. The average Bonchev–Trinajstić information content (AvgIpc) is 3.13. The summed E-state index contributed by atoms with van der Waals surface area (Å²) in [5, 5.41) is 11.1. The summed E-state index contributed by atoms with van der Waals surface area (Å²) in [7, 11) is 0. The molecule has 0 bridgehead atoms. The van der Waals surface area contributed by atoms with Crippen molar-refractivity contribution in [2.24, 2.45) is 10.7 Å². The van der Waals surface area contributed by atoms with E-state index in [1.165, 1.54) is 19.4 Å². The molecule has 1 aromatic rings. The molecule has 2 heterocycles. The lowest BCUT2D eigenvalue weighted by atomic mass is 10.2. The molecule has 0 aromatic carbocycles. The quantitative estimate of drug-likeness (QED) is 0.388. The number of nitrogens with zero attached hydrogens (tertiary/aromatic N) is 5. The van der Waals surface area contributed by atoms with Crippen molar-refractivity contribution >= 4 is 29.9 Å². The molecular weight excluding hydrogens is 393 g/mol. The van der Waals surface area contributed by atoms with Gasteiger partial charge in [0.25, 0.3) is 0 Å². The monoisotopic (exact) mass is 421 g/mol. The van der Waals surface area contributed by atoms with E-state index in [1.807, 2.05) is 4.57 Å². The van der Waals surface area contributed by atoms with Crippen molar-refractivity contribution in [2.75, 3.05) is 26.2 Å². The van der Waals surface area contributed by atoms with Gasteiger partial charge in [-0.1, -0.05) is 13.8 Å². The largest absolute Gasteiger partial charge is 0.370 e. The van der Waals surface area contributed by atoms with Gasteiger partial charge in [0.1, 0.15) is 12.2 Å². The molecule has 126 valence electrons. The van der Waals surface area contributed by atoms with Gasteiger partial charge in [-0.15, -0.1) is 34.2 Å². The van der Waals surface area contributed by atoms with Gasteiger partial charge in [-0.05, 0) is 25.9 Å². The van der Waals surface area contributed by atoms with E-state index in [2.05, 4.69) is 39.3 Å². The Labute approximate surface area is 149 Å². The third kappa shape index (κ3) is 5.38. The van der Waals surface area contributed by atoms with Crippen LogP contribution in [0.4, 0.5) is 0 Å². The van der Waals surface area contributed by atoms with Crippen LogP contribution in [0.25, 0.3) is 0 Å². The van der Waals surface area contributed by atoms with Gasteiger partial charge in [-0.25, -0.2) is 0 Å². The van der Waals surface area contributed by atoms with E-state index in [-0.39, 0.29) is 24.0 Å². The third-order valence-corrected chi connectivity index (χ3v) is 4.05. The minimum atomic E-state index is 0. The second-order valence-electron chi connectivity index (χ2n) is 5.37. The summed E-state index contributed by atoms with van der Waals surface area (Å²) in [6.07, 6.45) is 5.14. The first-order valence-electron chi connectivity index (χ1n) is 7.89. The topological polar surface area (TPSA) is 84.4 Å². The lowest BCUT2D eigenvalue weighted by Crippen LogP contribution is -2.37. The molecule has 0 saturated carbocycles. The Hall–Kier alpha value is -0.900. The summed E-state index contributed by atoms with van der Waals surface area (Å²) < 4.78 is 2.04. The van der Waals surface area contributed by atoms with Gasteiger partial charge in [0.15, 0.2) is 5.96 Å². The van der Waals surface area contributed by atoms with Gasteiger partial charge in [-0.3, -0.25) is 9.89 Å². The molecule has 0 radical (unpaired) electrons. The molecule has 3 N–H and O–H groups in total. The van der Waals surface area contributed by atoms with Crippen LogP contribution in [0.1, 0.15) is 32.5 Å². The normalized spacial score (nSPS) is 19.2. The van der Waals surface area contributed by atoms with Crippen molar-refractivity contribution in [2.45, 2.75) is 45.7 Å². The van der Waals surface area contributed by atoms with Crippen LogP contribution in [0, 0.1) is 0 Å². The zero-order chi connectivity index (χ0) is 15.1. The van der Waals surface area contributed by atoms with Crippen molar-refractivity contribution in [3.05, 3.63) is 12.2 Å². The third-order valence-electron chi connectivity index (χ3n) is 4.05. The molecule has 1 atom stereocenters. The molecule has 1 saturated heterocycles. The number of rotatable bonds is 7. The fourth-order valence-electron chi connectivity index (χ4n) is 2.82. The molecular formula is C14H28IN7. The van der Waals surface area contributed by atoms with E-state index in [1.54, 1.807) is 6.33 Å². The minimum Gasteiger partial charge on any atom is -0.370 e. The lowest BCUT2D eigenvalue weighted by Gasteiger charge is -2.21. The molecule has 1 aromatic heterocycles. The molecule has 0 aliphatic carbocycles. The number of aromatic nitrogens is 3. The van der Waals surface area contributed by atoms with Crippen LogP contribution >= 0.6 is 24.0 Å². The predicted octanol–water partition coefficient (Wildman–Crippen LogP) is 0.847. The van der Waals surface area contributed by atoms with E-state index < -0.39 is 0 Å². The summed E-state index contributed by atoms with van der Waals surface area (Å²) in [4.78, 5) is 6.94. The fraction of sp³-hybridized carbons (Fsp3) is 0.786. The molecule has 7 nitrogen and oxygen atoms in total. The highest BCUT2D eigenvalue weighted by Gasteiger charge is 2.22. The van der Waals surface area contributed by atoms with Gasteiger partial charge in [0, 0.05) is 25.6 Å². The van der Waals surface area contributed by atoms with Crippen LogP contribution in [0.3, 0.4) is 0 Å². The summed E-state index contributed by atoms with van der Waals surface area (Å²) in [6, 6.07) is 0.555. The Morgan fingerprint density at radius 2 is 2.32 bits per heavy atom. The zero-order valence-corrected chi connectivity index (χ0v) is 15.9. The number of hydrogen-bond acceptors (Lipinski definition) is 4. The number of nitrogens with two attached hydrogens (primary N) is 1. The number of aliphatic imine (C=N–C) groups is 1. The Balaban J connectivity index is 0.00000242. The summed E-state index contributed by atoms with van der Waals surface area (Å²) in [5.74, 6) is 1.53. The summed E-state index contributed by atoms with van der Waals surface area (Å²) >= 11 is 0. The highest BCUT2D eigenvalue weighted by Crippen LogP contribution is 2.16. The second-order valence-corrected chi connectivity index (χ2v) is 5.37. The van der Waals surface area contributed by atoms with Crippen LogP contribution < -0.4 is 11.1 Å².